The summed E-state index contributed by atoms with van der Waals surface area (Å²) in [6, 6.07) is 0. The van der Waals surface area contributed by atoms with E-state index in [-0.39, 0.29) is 26.1 Å². The van der Waals surface area contributed by atoms with Crippen LogP contribution < -0.4 is 0 Å². The van der Waals surface area contributed by atoms with Crippen molar-refractivity contribution < 1.29 is 42.1 Å². The van der Waals surface area contributed by atoms with Gasteiger partial charge in [0.2, 0.25) is 0 Å². The van der Waals surface area contributed by atoms with Gasteiger partial charge in [-0.3, -0.25) is 18.6 Å². The fourth-order valence-electron chi connectivity index (χ4n) is 8.48. The van der Waals surface area contributed by atoms with Crippen molar-refractivity contribution in [2.24, 2.45) is 0 Å². The lowest BCUT2D eigenvalue weighted by Gasteiger charge is -2.24. The van der Waals surface area contributed by atoms with Crippen LogP contribution in [0.5, 0.6) is 0 Å². The summed E-state index contributed by atoms with van der Waals surface area (Å²) in [6.07, 6.45) is 117. The first-order valence-electron chi connectivity index (χ1n) is 35.8. The summed E-state index contributed by atoms with van der Waals surface area (Å²) < 4.78 is 34.6. The van der Waals surface area contributed by atoms with E-state index in [2.05, 4.69) is 257 Å². The van der Waals surface area contributed by atoms with Gasteiger partial charge >= 0.3 is 19.8 Å². The van der Waals surface area contributed by atoms with Crippen molar-refractivity contribution in [1.82, 2.24) is 0 Å². The normalized spacial score (nSPS) is 14.6. The monoisotopic (exact) mass is 1310 g/mol. The highest BCUT2D eigenvalue weighted by Crippen LogP contribution is 2.43. The van der Waals surface area contributed by atoms with Crippen LogP contribution in [0.15, 0.2) is 243 Å². The van der Waals surface area contributed by atoms with Crippen molar-refractivity contribution in [3.05, 3.63) is 243 Å². The lowest BCUT2D eigenvalue weighted by atomic mass is 10.1. The molecule has 0 spiro atoms. The Balaban J connectivity index is 4.26. The smallest absolute Gasteiger partial charge is 0.462 e. The third-order valence-corrected chi connectivity index (χ3v) is 14.9. The van der Waals surface area contributed by atoms with Gasteiger partial charge in [-0.05, 0) is 167 Å². The van der Waals surface area contributed by atoms with Gasteiger partial charge in [0.05, 0.1) is 27.7 Å². The Morgan fingerprint density at radius 1 is 0.330 bits per heavy atom. The Labute approximate surface area is 574 Å². The predicted molar refractivity (Wildman–Crippen MR) is 407 cm³/mol. The molecule has 0 aliphatic rings. The van der Waals surface area contributed by atoms with E-state index < -0.39 is 32.5 Å². The van der Waals surface area contributed by atoms with Crippen LogP contribution in [0.4, 0.5) is 0 Å². The van der Waals surface area contributed by atoms with Crippen LogP contribution in [-0.4, -0.2) is 74.9 Å². The van der Waals surface area contributed by atoms with Gasteiger partial charge in [0.1, 0.15) is 19.8 Å². The zero-order valence-corrected chi connectivity index (χ0v) is 60.2. The number of ether oxygens (including phenoxy) is 2. The van der Waals surface area contributed by atoms with Crippen molar-refractivity contribution in [2.45, 2.75) is 225 Å². The van der Waals surface area contributed by atoms with Gasteiger partial charge in [0.15, 0.2) is 6.10 Å². The summed E-state index contributed by atoms with van der Waals surface area (Å²) in [4.78, 5) is 35.9. The van der Waals surface area contributed by atoms with Gasteiger partial charge in [0.25, 0.3) is 0 Å². The molecule has 0 aromatic rings. The van der Waals surface area contributed by atoms with Crippen LogP contribution in [0.25, 0.3) is 0 Å². The topological polar surface area (TPSA) is 108 Å². The number of hydrogen-bond donors (Lipinski definition) is 1. The molecule has 0 aromatic heterocycles. The predicted octanol–water partition coefficient (Wildman–Crippen LogP) is 23.9. The number of likely N-dealkylation sites (N-methyl/N-ethyl adjacent to an activating group) is 1. The number of quaternary nitrogens is 1. The molecule has 0 heterocycles. The number of esters is 2. The maximum absolute atomic E-state index is 12.9. The maximum atomic E-state index is 12.9. The second-order valence-electron chi connectivity index (χ2n) is 23.8. The van der Waals surface area contributed by atoms with Crippen LogP contribution in [0, 0.1) is 0 Å². The van der Waals surface area contributed by atoms with Crippen molar-refractivity contribution in [3.63, 3.8) is 0 Å². The zero-order chi connectivity index (χ0) is 68.3. The number of phosphoric ester groups is 1. The van der Waals surface area contributed by atoms with Crippen molar-refractivity contribution in [1.29, 1.82) is 0 Å². The highest BCUT2D eigenvalue weighted by molar-refractivity contribution is 7.47. The molecule has 10 heteroatoms. The molecule has 0 aromatic carbocycles. The molecule has 2 atom stereocenters. The minimum atomic E-state index is -4.43. The molecule has 0 rings (SSSR count). The molecular weight excluding hydrogens is 1180 g/mol. The van der Waals surface area contributed by atoms with E-state index in [0.29, 0.717) is 23.9 Å². The molecular formula is C84H129NO8P+. The minimum Gasteiger partial charge on any atom is -0.462 e. The largest absolute Gasteiger partial charge is 0.472 e. The van der Waals surface area contributed by atoms with Gasteiger partial charge in [-0.1, -0.05) is 283 Å². The van der Waals surface area contributed by atoms with Gasteiger partial charge in [-0.2, -0.15) is 0 Å². The van der Waals surface area contributed by atoms with Crippen LogP contribution >= 0.6 is 7.82 Å². The Kier molecular flexibility index (Phi) is 66.4. The highest BCUT2D eigenvalue weighted by atomic mass is 31.2. The standard InChI is InChI=1S/C84H128NO8P/c1-6-8-10-12-14-16-18-20-22-24-26-28-30-32-34-36-37-38-39-40-41-42-43-44-45-46-47-49-51-53-55-57-59-61-63-65-67-69-71-73-75-77-84(87)93-82(81-92-94(88,89)91-79-78-85(3,4)5)80-90-83(86)76-74-72-70-68-66-64-62-60-58-56-54-52-50-48-35-33-31-29-27-25-23-21-19-17-15-13-11-9-7-2/h8-11,14-17,20-23,26-29,32-35,37-38,40-41,43-44,46-47,50-53,56-59,62-65,82H,6-7,12-13,18-19,24-25,30-31,36,39,42,45,48-49,54-55,60-61,66-81H2,1-5H3/p+1/b10-8-,11-9-,16-14-,17-15-,22-20-,23-21-,28-26-,29-27-,34-32-,35-33-,38-37-,41-40-,44-43-,47-46-,52-50-,53-51-,58-56-,59-57-,64-62-,65-63-. The molecule has 0 saturated heterocycles. The molecule has 0 radical (unpaired) electrons. The molecule has 2 unspecified atom stereocenters. The summed E-state index contributed by atoms with van der Waals surface area (Å²) in [5.41, 5.74) is 0. The van der Waals surface area contributed by atoms with Gasteiger partial charge in [-0.15, -0.1) is 0 Å². The lowest BCUT2D eigenvalue weighted by Crippen LogP contribution is -2.37. The Morgan fingerprint density at radius 2 is 0.574 bits per heavy atom. The van der Waals surface area contributed by atoms with Gasteiger partial charge < -0.3 is 18.9 Å². The number of carbonyl (C=O) groups excluding carboxylic acids is 2. The summed E-state index contributed by atoms with van der Waals surface area (Å²) >= 11 is 0. The number of carbonyl (C=O) groups is 2. The molecule has 0 fully saturated rings. The summed E-state index contributed by atoms with van der Waals surface area (Å²) in [5, 5.41) is 0. The molecule has 0 aliphatic heterocycles. The third kappa shape index (κ3) is 74.8. The van der Waals surface area contributed by atoms with Crippen LogP contribution in [0.1, 0.15) is 219 Å². The van der Waals surface area contributed by atoms with Crippen molar-refractivity contribution in [2.75, 3.05) is 47.5 Å². The third-order valence-electron chi connectivity index (χ3n) is 13.9. The number of phosphoric acid groups is 1. The van der Waals surface area contributed by atoms with E-state index in [4.69, 9.17) is 18.5 Å². The first-order chi connectivity index (χ1) is 46.0. The second-order valence-corrected chi connectivity index (χ2v) is 25.3. The summed E-state index contributed by atoms with van der Waals surface area (Å²) in [5.74, 6) is -0.878. The lowest BCUT2D eigenvalue weighted by molar-refractivity contribution is -0.870. The second kappa shape index (κ2) is 71.1. The SMILES string of the molecule is CC/C=C\C/C=C\C/C=C\C/C=C\C/C=C\C/C=C\C/C=C\C/C=C\C/C=C\C/C=C\C/C=C\C/C=C\CCCCCCC(=O)OC(COC(=O)CCCCCC/C=C\C/C=C\C/C=C\C/C=C\C/C=C\C/C=C\C/C=C\C/C=C\CC)COP(=O)(O)OCC[N+](C)(C)C. The number of rotatable bonds is 62. The highest BCUT2D eigenvalue weighted by Gasteiger charge is 2.27. The van der Waals surface area contributed by atoms with Crippen LogP contribution in [0.2, 0.25) is 0 Å². The Hall–Kier alpha value is -6.19. The summed E-state index contributed by atoms with van der Waals surface area (Å²) in [7, 11) is 1.40. The average molecular weight is 1310 g/mol. The molecule has 9 nitrogen and oxygen atoms in total. The molecule has 0 aliphatic carbocycles. The number of allylic oxidation sites excluding steroid dienone is 40. The maximum Gasteiger partial charge on any atom is 0.472 e. The number of unbranched alkanes of at least 4 members (excludes halogenated alkanes) is 8. The van der Waals surface area contributed by atoms with Gasteiger partial charge in [0, 0.05) is 12.8 Å². The molecule has 1 N–H and O–H groups in total. The van der Waals surface area contributed by atoms with E-state index in [1.807, 2.05) is 21.1 Å². The van der Waals surface area contributed by atoms with E-state index in [9.17, 15) is 19.0 Å². The molecule has 0 amide bonds. The van der Waals surface area contributed by atoms with Gasteiger partial charge in [-0.25, -0.2) is 4.57 Å². The van der Waals surface area contributed by atoms with Crippen LogP contribution in [0.3, 0.4) is 0 Å². The fourth-order valence-corrected chi connectivity index (χ4v) is 9.22. The zero-order valence-electron chi connectivity index (χ0n) is 59.3. The molecule has 522 valence electrons. The molecule has 0 bridgehead atoms. The van der Waals surface area contributed by atoms with Crippen molar-refractivity contribution >= 4 is 19.8 Å². The minimum absolute atomic E-state index is 0.00719. The van der Waals surface area contributed by atoms with Crippen LogP contribution in [-0.2, 0) is 32.7 Å². The van der Waals surface area contributed by atoms with E-state index in [0.717, 1.165) is 180 Å². The Morgan fingerprint density at radius 3 is 0.840 bits per heavy atom. The van der Waals surface area contributed by atoms with E-state index >= 15 is 0 Å². The average Bonchev–Trinajstić information content (AvgIpc) is 1.57. The first-order valence-corrected chi connectivity index (χ1v) is 37.3. The van der Waals surface area contributed by atoms with E-state index in [1.54, 1.807) is 0 Å². The summed E-state index contributed by atoms with van der Waals surface area (Å²) in [6.45, 7) is 4.10. The Bertz CT molecular complexity index is 2490. The molecule has 94 heavy (non-hydrogen) atoms. The number of hydrogen-bond acceptors (Lipinski definition) is 7. The number of nitrogens with zero attached hydrogens (tertiary/aromatic N) is 1. The first kappa shape index (κ1) is 87.8. The van der Waals surface area contributed by atoms with E-state index in [1.165, 1.54) is 0 Å². The van der Waals surface area contributed by atoms with Crippen molar-refractivity contribution in [3.8, 4) is 0 Å². The quantitative estimate of drug-likeness (QED) is 0.0211. The fraction of sp³-hybridized carbons (Fsp3) is 0.500. The molecule has 0 saturated carbocycles.